The number of benzene rings is 1. The Kier molecular flexibility index (Phi) is 5.80. The van der Waals surface area contributed by atoms with Crippen LogP contribution in [0.2, 0.25) is 0 Å². The van der Waals surface area contributed by atoms with Crippen LogP contribution in [0.1, 0.15) is 24.0 Å². The van der Waals surface area contributed by atoms with Crippen LogP contribution in [0.25, 0.3) is 0 Å². The van der Waals surface area contributed by atoms with Gasteiger partial charge < -0.3 is 14.2 Å². The first-order valence-electron chi connectivity index (χ1n) is 8.51. The van der Waals surface area contributed by atoms with Gasteiger partial charge in [0.15, 0.2) is 5.72 Å². The van der Waals surface area contributed by atoms with Crippen molar-refractivity contribution in [2.45, 2.75) is 49.7 Å². The van der Waals surface area contributed by atoms with Crippen LogP contribution < -0.4 is 5.32 Å². The lowest BCUT2D eigenvalue weighted by molar-refractivity contribution is -0.241. The Hall–Kier alpha value is -1.92. The summed E-state index contributed by atoms with van der Waals surface area (Å²) in [5.74, 6) is -3.50. The number of piperidine rings is 1. The highest BCUT2D eigenvalue weighted by Crippen LogP contribution is 2.34. The maximum atomic E-state index is 13.9. The molecule has 2 heterocycles. The van der Waals surface area contributed by atoms with Gasteiger partial charge in [0.2, 0.25) is 0 Å². The summed E-state index contributed by atoms with van der Waals surface area (Å²) >= 11 is 0. The maximum Gasteiger partial charge on any atom is 0.490 e. The van der Waals surface area contributed by atoms with E-state index in [-0.39, 0.29) is 31.6 Å². The molecule has 0 unspecified atom stereocenters. The summed E-state index contributed by atoms with van der Waals surface area (Å²) in [6.07, 6.45) is -10.5. The number of esters is 1. The van der Waals surface area contributed by atoms with Crippen LogP contribution in [0, 0.1) is 5.82 Å². The van der Waals surface area contributed by atoms with Gasteiger partial charge in [-0.15, -0.1) is 0 Å². The molecule has 2 saturated heterocycles. The SMILES string of the molecule is O=C(O[C@@]12COC[C@H](C[C@H](OCc3ccc(C(F)(F)F)cc3F)C1)N2)C(F)(F)F. The lowest BCUT2D eigenvalue weighted by Gasteiger charge is -2.47. The van der Waals surface area contributed by atoms with Crippen LogP contribution in [0.4, 0.5) is 30.7 Å². The number of morpholine rings is 1. The standard InChI is InChI=1S/C17H16F7NO4/c18-13-3-10(16(19,20)21)2-1-9(13)6-28-12-4-11-7-27-8-15(5-12,25-11)29-14(26)17(22,23)24/h1-3,11-12,25H,4-8H2/t11-,12-,15+/m0/s1. The van der Waals surface area contributed by atoms with Gasteiger partial charge in [0, 0.05) is 18.0 Å². The molecule has 1 aromatic rings. The molecule has 12 heteroatoms. The summed E-state index contributed by atoms with van der Waals surface area (Å²) in [7, 11) is 0. The molecule has 3 atom stereocenters. The van der Waals surface area contributed by atoms with Crippen LogP contribution in [0.3, 0.4) is 0 Å². The van der Waals surface area contributed by atoms with Crippen molar-refractivity contribution in [1.82, 2.24) is 5.32 Å². The second-order valence-corrected chi connectivity index (χ2v) is 6.91. The molecule has 1 N–H and O–H groups in total. The first-order valence-corrected chi connectivity index (χ1v) is 8.51. The van der Waals surface area contributed by atoms with Gasteiger partial charge in [0.1, 0.15) is 12.4 Å². The zero-order valence-electron chi connectivity index (χ0n) is 14.7. The van der Waals surface area contributed by atoms with Crippen molar-refractivity contribution in [2.75, 3.05) is 13.2 Å². The van der Waals surface area contributed by atoms with Gasteiger partial charge in [0.05, 0.1) is 24.9 Å². The third kappa shape index (κ3) is 5.17. The molecular formula is C17H16F7NO4. The van der Waals surface area contributed by atoms with E-state index in [0.29, 0.717) is 12.1 Å². The van der Waals surface area contributed by atoms with Crippen molar-refractivity contribution in [1.29, 1.82) is 0 Å². The van der Waals surface area contributed by atoms with Crippen LogP contribution in [-0.2, 0) is 31.8 Å². The molecule has 162 valence electrons. The Morgan fingerprint density at radius 3 is 2.59 bits per heavy atom. The molecule has 0 spiro atoms. The number of ether oxygens (including phenoxy) is 3. The molecule has 2 aliphatic heterocycles. The molecule has 29 heavy (non-hydrogen) atoms. The van der Waals surface area contributed by atoms with Gasteiger partial charge in [-0.25, -0.2) is 9.18 Å². The average Bonchev–Trinajstić information content (AvgIpc) is 2.58. The number of nitrogens with one attached hydrogen (secondary N) is 1. The van der Waals surface area contributed by atoms with E-state index in [1.165, 1.54) is 0 Å². The Labute approximate surface area is 160 Å². The molecule has 2 fully saturated rings. The fraction of sp³-hybridized carbons (Fsp3) is 0.588. The van der Waals surface area contributed by atoms with Crippen LogP contribution >= 0.6 is 0 Å². The summed E-state index contributed by atoms with van der Waals surface area (Å²) in [4.78, 5) is 11.2. The number of carbonyl (C=O) groups excluding carboxylic acids is 1. The summed E-state index contributed by atoms with van der Waals surface area (Å²) in [6.45, 7) is -0.592. The van der Waals surface area contributed by atoms with E-state index < -0.39 is 54.2 Å². The highest BCUT2D eigenvalue weighted by molar-refractivity contribution is 5.76. The molecule has 1 aromatic carbocycles. The largest absolute Gasteiger partial charge is 0.490 e. The summed E-state index contributed by atoms with van der Waals surface area (Å²) in [6, 6.07) is 1.51. The lowest BCUT2D eigenvalue weighted by Crippen LogP contribution is -2.67. The van der Waals surface area contributed by atoms with E-state index in [1.807, 2.05) is 0 Å². The average molecular weight is 431 g/mol. The Bertz CT molecular complexity index is 767. The fourth-order valence-corrected chi connectivity index (χ4v) is 3.35. The number of hydrogen-bond acceptors (Lipinski definition) is 5. The second-order valence-electron chi connectivity index (χ2n) is 6.91. The molecule has 3 rings (SSSR count). The van der Waals surface area contributed by atoms with Crippen LogP contribution in [0.15, 0.2) is 18.2 Å². The lowest BCUT2D eigenvalue weighted by atomic mass is 9.91. The molecule has 2 bridgehead atoms. The minimum absolute atomic E-state index is 0.139. The fourth-order valence-electron chi connectivity index (χ4n) is 3.35. The van der Waals surface area contributed by atoms with Crippen molar-refractivity contribution in [3.05, 3.63) is 35.1 Å². The highest BCUT2D eigenvalue weighted by atomic mass is 19.4. The van der Waals surface area contributed by atoms with Gasteiger partial charge in [-0.1, -0.05) is 6.07 Å². The smallest absolute Gasteiger partial charge is 0.435 e. The molecule has 2 aliphatic rings. The van der Waals surface area contributed by atoms with E-state index >= 15 is 0 Å². The molecule has 0 amide bonds. The van der Waals surface area contributed by atoms with E-state index in [1.54, 1.807) is 0 Å². The molecule has 0 radical (unpaired) electrons. The number of halogens is 7. The van der Waals surface area contributed by atoms with Crippen molar-refractivity contribution < 1.29 is 49.7 Å². The molecule has 0 saturated carbocycles. The van der Waals surface area contributed by atoms with Gasteiger partial charge >= 0.3 is 18.3 Å². The third-order valence-electron chi connectivity index (χ3n) is 4.60. The van der Waals surface area contributed by atoms with Gasteiger partial charge in [-0.05, 0) is 18.6 Å². The first-order chi connectivity index (χ1) is 13.4. The monoisotopic (exact) mass is 431 g/mol. The number of carbonyl (C=O) groups is 1. The molecule has 5 nitrogen and oxygen atoms in total. The van der Waals surface area contributed by atoms with E-state index in [4.69, 9.17) is 9.47 Å². The quantitative estimate of drug-likeness (QED) is 0.586. The number of fused-ring (bicyclic) bond motifs is 2. The van der Waals surface area contributed by atoms with Crippen molar-refractivity contribution >= 4 is 5.97 Å². The van der Waals surface area contributed by atoms with E-state index in [0.717, 1.165) is 6.07 Å². The van der Waals surface area contributed by atoms with Crippen molar-refractivity contribution in [3.8, 4) is 0 Å². The van der Waals surface area contributed by atoms with Gasteiger partial charge in [0.25, 0.3) is 0 Å². The van der Waals surface area contributed by atoms with Crippen LogP contribution in [-0.4, -0.2) is 43.2 Å². The Balaban J connectivity index is 1.67. The van der Waals surface area contributed by atoms with Crippen molar-refractivity contribution in [2.24, 2.45) is 0 Å². The normalized spacial score (nSPS) is 27.6. The number of alkyl halides is 6. The van der Waals surface area contributed by atoms with Crippen LogP contribution in [0.5, 0.6) is 0 Å². The summed E-state index contributed by atoms with van der Waals surface area (Å²) in [5, 5.41) is 2.79. The second kappa shape index (κ2) is 7.73. The Morgan fingerprint density at radius 2 is 1.97 bits per heavy atom. The Morgan fingerprint density at radius 1 is 1.24 bits per heavy atom. The summed E-state index contributed by atoms with van der Waals surface area (Å²) < 4.78 is 105. The number of hydrogen-bond donors (Lipinski definition) is 1. The first kappa shape index (κ1) is 21.8. The maximum absolute atomic E-state index is 13.9. The zero-order valence-corrected chi connectivity index (χ0v) is 14.7. The van der Waals surface area contributed by atoms with Gasteiger partial charge in [-0.2, -0.15) is 26.3 Å². The van der Waals surface area contributed by atoms with Crippen molar-refractivity contribution in [3.63, 3.8) is 0 Å². The third-order valence-corrected chi connectivity index (χ3v) is 4.60. The topological polar surface area (TPSA) is 56.8 Å². The van der Waals surface area contributed by atoms with E-state index in [9.17, 15) is 35.5 Å². The minimum Gasteiger partial charge on any atom is -0.435 e. The molecule has 0 aromatic heterocycles. The molecule has 0 aliphatic carbocycles. The zero-order chi connectivity index (χ0) is 21.4. The summed E-state index contributed by atoms with van der Waals surface area (Å²) in [5.41, 5.74) is -3.04. The molecular weight excluding hydrogens is 415 g/mol. The minimum atomic E-state index is -5.19. The van der Waals surface area contributed by atoms with Gasteiger partial charge in [-0.3, -0.25) is 5.32 Å². The predicted octanol–water partition coefficient (Wildman–Crippen LogP) is 3.31. The highest BCUT2D eigenvalue weighted by Gasteiger charge is 2.52. The predicted molar refractivity (Wildman–Crippen MR) is 81.8 cm³/mol. The number of rotatable bonds is 4. The van der Waals surface area contributed by atoms with E-state index in [2.05, 4.69) is 10.1 Å².